The first-order chi connectivity index (χ1) is 12.8. The Labute approximate surface area is 160 Å². The molecule has 0 aromatic heterocycles. The quantitative estimate of drug-likeness (QED) is 0.732. The second-order valence-electron chi connectivity index (χ2n) is 7.12. The van der Waals surface area contributed by atoms with Gasteiger partial charge in [-0.25, -0.2) is 8.42 Å². The van der Waals surface area contributed by atoms with Crippen molar-refractivity contribution in [1.82, 2.24) is 0 Å². The normalized spacial score (nSPS) is 16.5. The van der Waals surface area contributed by atoms with Crippen LogP contribution in [0.2, 0.25) is 0 Å². The van der Waals surface area contributed by atoms with E-state index in [0.717, 1.165) is 19.3 Å². The van der Waals surface area contributed by atoms with Crippen LogP contribution < -0.4 is 15.8 Å². The molecule has 2 aromatic carbocycles. The molecule has 0 heterocycles. The number of hydrogen-bond acceptors (Lipinski definition) is 4. The summed E-state index contributed by atoms with van der Waals surface area (Å²) in [5.74, 6) is -0.259. The van der Waals surface area contributed by atoms with Gasteiger partial charge in [0.25, 0.3) is 10.0 Å². The zero-order valence-corrected chi connectivity index (χ0v) is 16.2. The van der Waals surface area contributed by atoms with Gasteiger partial charge in [-0.05, 0) is 49.6 Å². The van der Waals surface area contributed by atoms with Crippen LogP contribution in [0.3, 0.4) is 0 Å². The van der Waals surface area contributed by atoms with E-state index in [0.29, 0.717) is 29.8 Å². The number of sulfonamides is 1. The van der Waals surface area contributed by atoms with E-state index in [-0.39, 0.29) is 10.8 Å². The molecule has 1 saturated carbocycles. The van der Waals surface area contributed by atoms with Gasteiger partial charge >= 0.3 is 0 Å². The van der Waals surface area contributed by atoms with E-state index in [9.17, 15) is 13.2 Å². The molecule has 144 valence electrons. The third-order valence-corrected chi connectivity index (χ3v) is 6.48. The standard InChI is InChI=1S/C20H25N3O3S/c1-15-10-11-17(22-19(24)20(21)12-6-3-7-13-20)14-18(15)27(25,26)23-16-8-4-2-5-9-16/h2,4-5,8-11,14,23H,3,6-7,12-13,21H2,1H3,(H,22,24). The molecule has 0 radical (unpaired) electrons. The molecule has 0 aliphatic heterocycles. The van der Waals surface area contributed by atoms with Crippen molar-refractivity contribution in [1.29, 1.82) is 0 Å². The predicted molar refractivity (Wildman–Crippen MR) is 107 cm³/mol. The Hall–Kier alpha value is -2.38. The van der Waals surface area contributed by atoms with Crippen molar-refractivity contribution in [3.05, 3.63) is 54.1 Å². The lowest BCUT2D eigenvalue weighted by molar-refractivity contribution is -0.122. The first kappa shape index (κ1) is 19.4. The lowest BCUT2D eigenvalue weighted by Gasteiger charge is -2.31. The van der Waals surface area contributed by atoms with E-state index in [1.54, 1.807) is 43.3 Å². The minimum atomic E-state index is -3.77. The molecule has 0 spiro atoms. The molecular weight excluding hydrogens is 362 g/mol. The highest BCUT2D eigenvalue weighted by Gasteiger charge is 2.35. The maximum absolute atomic E-state index is 12.8. The smallest absolute Gasteiger partial charge is 0.262 e. The first-order valence-corrected chi connectivity index (χ1v) is 10.6. The van der Waals surface area contributed by atoms with Crippen LogP contribution in [0.25, 0.3) is 0 Å². The van der Waals surface area contributed by atoms with Crippen LogP contribution in [0.15, 0.2) is 53.4 Å². The van der Waals surface area contributed by atoms with Gasteiger partial charge in [0.2, 0.25) is 5.91 Å². The molecule has 1 fully saturated rings. The van der Waals surface area contributed by atoms with E-state index in [4.69, 9.17) is 5.73 Å². The average molecular weight is 388 g/mol. The van der Waals surface area contributed by atoms with E-state index < -0.39 is 15.6 Å². The predicted octanol–water partition coefficient (Wildman–Crippen LogP) is 3.40. The number of benzene rings is 2. The zero-order valence-electron chi connectivity index (χ0n) is 15.4. The van der Waals surface area contributed by atoms with E-state index >= 15 is 0 Å². The highest BCUT2D eigenvalue weighted by molar-refractivity contribution is 7.92. The topological polar surface area (TPSA) is 101 Å². The van der Waals surface area contributed by atoms with Crippen molar-refractivity contribution in [2.24, 2.45) is 5.73 Å². The molecule has 27 heavy (non-hydrogen) atoms. The molecule has 1 aliphatic carbocycles. The summed E-state index contributed by atoms with van der Waals surface area (Å²) >= 11 is 0. The first-order valence-electron chi connectivity index (χ1n) is 9.09. The third kappa shape index (κ3) is 4.48. The fourth-order valence-electron chi connectivity index (χ4n) is 3.35. The Balaban J connectivity index is 1.82. The molecule has 6 nitrogen and oxygen atoms in total. The minimum absolute atomic E-state index is 0.124. The van der Waals surface area contributed by atoms with Crippen molar-refractivity contribution in [2.45, 2.75) is 49.5 Å². The fourth-order valence-corrected chi connectivity index (χ4v) is 4.68. The number of amides is 1. The van der Waals surface area contributed by atoms with Crippen molar-refractivity contribution in [3.8, 4) is 0 Å². The Bertz CT molecular complexity index is 921. The summed E-state index contributed by atoms with van der Waals surface area (Å²) in [4.78, 5) is 12.7. The van der Waals surface area contributed by atoms with Crippen LogP contribution in [0.4, 0.5) is 11.4 Å². The summed E-state index contributed by atoms with van der Waals surface area (Å²) in [6.45, 7) is 1.72. The number of anilines is 2. The second-order valence-corrected chi connectivity index (χ2v) is 8.77. The molecule has 0 unspecified atom stereocenters. The van der Waals surface area contributed by atoms with Gasteiger partial charge in [-0.1, -0.05) is 43.5 Å². The van der Waals surface area contributed by atoms with Gasteiger partial charge in [-0.15, -0.1) is 0 Å². The van der Waals surface area contributed by atoms with E-state index in [1.807, 2.05) is 6.07 Å². The number of aryl methyl sites for hydroxylation is 1. The van der Waals surface area contributed by atoms with Gasteiger partial charge in [0, 0.05) is 11.4 Å². The molecule has 2 aromatic rings. The molecule has 0 atom stereocenters. The van der Waals surface area contributed by atoms with Gasteiger partial charge in [-0.2, -0.15) is 0 Å². The van der Waals surface area contributed by atoms with Crippen molar-refractivity contribution >= 4 is 27.3 Å². The van der Waals surface area contributed by atoms with Crippen LogP contribution in [0, 0.1) is 6.92 Å². The number of nitrogens with one attached hydrogen (secondary N) is 2. The Morgan fingerprint density at radius 1 is 1.00 bits per heavy atom. The van der Waals surface area contributed by atoms with Crippen LogP contribution >= 0.6 is 0 Å². The molecule has 0 bridgehead atoms. The number of nitrogens with two attached hydrogens (primary N) is 1. The van der Waals surface area contributed by atoms with Gasteiger partial charge in [0.1, 0.15) is 0 Å². The van der Waals surface area contributed by atoms with Crippen molar-refractivity contribution in [2.75, 3.05) is 10.0 Å². The fraction of sp³-hybridized carbons (Fsp3) is 0.350. The summed E-state index contributed by atoms with van der Waals surface area (Å²) in [6.07, 6.45) is 4.23. The number of rotatable bonds is 5. The summed E-state index contributed by atoms with van der Waals surface area (Å²) in [6, 6.07) is 13.5. The van der Waals surface area contributed by atoms with Crippen molar-refractivity contribution < 1.29 is 13.2 Å². The maximum atomic E-state index is 12.8. The summed E-state index contributed by atoms with van der Waals surface area (Å²) in [5, 5.41) is 2.80. The van der Waals surface area contributed by atoms with Gasteiger partial charge in [0.15, 0.2) is 0 Å². The SMILES string of the molecule is Cc1ccc(NC(=O)C2(N)CCCCC2)cc1S(=O)(=O)Nc1ccccc1. The highest BCUT2D eigenvalue weighted by atomic mass is 32.2. The molecule has 7 heteroatoms. The summed E-state index contributed by atoms with van der Waals surface area (Å²) in [7, 11) is -3.77. The zero-order chi connectivity index (χ0) is 19.5. The molecular formula is C20H25N3O3S. The Morgan fingerprint density at radius 3 is 2.33 bits per heavy atom. The monoisotopic (exact) mass is 387 g/mol. The molecule has 4 N–H and O–H groups in total. The number of para-hydroxylation sites is 1. The minimum Gasteiger partial charge on any atom is -0.324 e. The van der Waals surface area contributed by atoms with Crippen LogP contribution in [-0.2, 0) is 14.8 Å². The summed E-state index contributed by atoms with van der Waals surface area (Å²) < 4.78 is 28.1. The van der Waals surface area contributed by atoms with E-state index in [2.05, 4.69) is 10.0 Å². The Morgan fingerprint density at radius 2 is 1.67 bits per heavy atom. The molecule has 1 aliphatic rings. The second kappa shape index (κ2) is 7.70. The average Bonchev–Trinajstić information content (AvgIpc) is 2.64. The largest absolute Gasteiger partial charge is 0.324 e. The van der Waals surface area contributed by atoms with E-state index in [1.165, 1.54) is 6.07 Å². The van der Waals surface area contributed by atoms with Gasteiger partial charge in [0.05, 0.1) is 10.4 Å². The molecule has 3 rings (SSSR count). The van der Waals surface area contributed by atoms with Gasteiger partial charge < -0.3 is 11.1 Å². The maximum Gasteiger partial charge on any atom is 0.262 e. The third-order valence-electron chi connectivity index (χ3n) is 4.96. The lowest BCUT2D eigenvalue weighted by atomic mass is 9.82. The number of hydrogen-bond donors (Lipinski definition) is 3. The van der Waals surface area contributed by atoms with Crippen LogP contribution in [0.1, 0.15) is 37.7 Å². The van der Waals surface area contributed by atoms with Crippen LogP contribution in [-0.4, -0.2) is 19.9 Å². The summed E-state index contributed by atoms with van der Waals surface area (Å²) in [5.41, 5.74) is 6.88. The molecule has 0 saturated heterocycles. The van der Waals surface area contributed by atoms with Crippen molar-refractivity contribution in [3.63, 3.8) is 0 Å². The number of carbonyl (C=O) groups excluding carboxylic acids is 1. The van der Waals surface area contributed by atoms with Crippen LogP contribution in [0.5, 0.6) is 0 Å². The molecule has 1 amide bonds. The number of carbonyl (C=O) groups is 1. The highest BCUT2D eigenvalue weighted by Crippen LogP contribution is 2.28. The van der Waals surface area contributed by atoms with Gasteiger partial charge in [-0.3, -0.25) is 9.52 Å². The lowest BCUT2D eigenvalue weighted by Crippen LogP contribution is -2.52. The Kier molecular flexibility index (Phi) is 5.53.